The van der Waals surface area contributed by atoms with Gasteiger partial charge in [0, 0.05) is 23.1 Å². The molecule has 0 fully saturated rings. The molecule has 11 heteroatoms. The molecule has 0 saturated heterocycles. The maximum Gasteiger partial charge on any atom is 0.417 e. The lowest BCUT2D eigenvalue weighted by molar-refractivity contribution is -0.138. The van der Waals surface area contributed by atoms with Crippen molar-refractivity contribution in [2.75, 3.05) is 0 Å². The highest BCUT2D eigenvalue weighted by Crippen LogP contribution is 2.35. The van der Waals surface area contributed by atoms with Crippen molar-refractivity contribution in [2.24, 2.45) is 0 Å². The zero-order valence-corrected chi connectivity index (χ0v) is 16.1. The maximum absolute atomic E-state index is 13.1. The SMILES string of the molecule is O=C(Oc1ccc2c(C(F)(F)F)cc(=O)oc2c1)c1ccc(-c2cccc(C(F)(F)F)c2)o1. The fourth-order valence-corrected chi connectivity index (χ4v) is 3.05. The van der Waals surface area contributed by atoms with E-state index >= 15 is 0 Å². The molecule has 0 atom stereocenters. The minimum absolute atomic E-state index is 0.0348. The van der Waals surface area contributed by atoms with Crippen LogP contribution in [0.2, 0.25) is 0 Å². The monoisotopic (exact) mass is 468 g/mol. The summed E-state index contributed by atoms with van der Waals surface area (Å²) in [6.07, 6.45) is -9.37. The standard InChI is InChI=1S/C22H10F6O5/c23-21(24,25)12-3-1-2-11(8-12)16-6-7-17(32-16)20(30)31-13-4-5-14-15(22(26,27)28)10-19(29)33-18(14)9-13/h1-10H. The summed E-state index contributed by atoms with van der Waals surface area (Å²) in [5, 5.41) is -0.410. The summed E-state index contributed by atoms with van der Waals surface area (Å²) in [5.41, 5.74) is -3.74. The molecule has 0 amide bonds. The van der Waals surface area contributed by atoms with Gasteiger partial charge in [-0.05, 0) is 36.4 Å². The van der Waals surface area contributed by atoms with Crippen LogP contribution in [0.25, 0.3) is 22.3 Å². The molecule has 0 N–H and O–H groups in total. The van der Waals surface area contributed by atoms with Crippen molar-refractivity contribution in [1.29, 1.82) is 0 Å². The van der Waals surface area contributed by atoms with E-state index in [1.807, 2.05) is 0 Å². The predicted molar refractivity (Wildman–Crippen MR) is 102 cm³/mol. The third-order valence-electron chi connectivity index (χ3n) is 4.51. The number of ether oxygens (including phenoxy) is 1. The molecule has 0 bridgehead atoms. The number of fused-ring (bicyclic) bond motifs is 1. The Morgan fingerprint density at radius 1 is 0.818 bits per heavy atom. The Kier molecular flexibility index (Phi) is 5.27. The first-order valence-corrected chi connectivity index (χ1v) is 9.06. The van der Waals surface area contributed by atoms with Crippen LogP contribution in [-0.2, 0) is 12.4 Å². The van der Waals surface area contributed by atoms with Crippen molar-refractivity contribution in [2.45, 2.75) is 12.4 Å². The smallest absolute Gasteiger partial charge is 0.417 e. The highest BCUT2D eigenvalue weighted by Gasteiger charge is 2.34. The molecule has 0 spiro atoms. The number of hydrogen-bond acceptors (Lipinski definition) is 5. The van der Waals surface area contributed by atoms with Gasteiger partial charge < -0.3 is 13.6 Å². The van der Waals surface area contributed by atoms with E-state index in [1.54, 1.807) is 0 Å². The molecule has 33 heavy (non-hydrogen) atoms. The summed E-state index contributed by atoms with van der Waals surface area (Å²) >= 11 is 0. The van der Waals surface area contributed by atoms with E-state index in [1.165, 1.54) is 24.3 Å². The van der Waals surface area contributed by atoms with Gasteiger partial charge in [0.25, 0.3) is 0 Å². The number of carbonyl (C=O) groups excluding carboxylic acids is 1. The van der Waals surface area contributed by atoms with Gasteiger partial charge in [-0.15, -0.1) is 0 Å². The van der Waals surface area contributed by atoms with Gasteiger partial charge in [0.1, 0.15) is 17.1 Å². The summed E-state index contributed by atoms with van der Waals surface area (Å²) in [6.45, 7) is 0. The van der Waals surface area contributed by atoms with Crippen LogP contribution < -0.4 is 10.4 Å². The fourth-order valence-electron chi connectivity index (χ4n) is 3.05. The molecule has 5 nitrogen and oxygen atoms in total. The first-order valence-electron chi connectivity index (χ1n) is 9.06. The van der Waals surface area contributed by atoms with Gasteiger partial charge in [0.15, 0.2) is 0 Å². The molecule has 0 aliphatic rings. The second kappa shape index (κ2) is 7.84. The fraction of sp³-hybridized carbons (Fsp3) is 0.0909. The van der Waals surface area contributed by atoms with Gasteiger partial charge in [-0.1, -0.05) is 12.1 Å². The molecular formula is C22H10F6O5. The first kappa shape index (κ1) is 22.2. The Labute approximate surface area is 179 Å². The van der Waals surface area contributed by atoms with Gasteiger partial charge in [-0.25, -0.2) is 9.59 Å². The van der Waals surface area contributed by atoms with E-state index < -0.39 is 46.0 Å². The Morgan fingerprint density at radius 2 is 1.58 bits per heavy atom. The van der Waals surface area contributed by atoms with Crippen molar-refractivity contribution in [3.05, 3.63) is 88.0 Å². The molecule has 2 aromatic carbocycles. The second-order valence-corrected chi connectivity index (χ2v) is 6.77. The van der Waals surface area contributed by atoms with Crippen molar-refractivity contribution < 1.29 is 44.7 Å². The van der Waals surface area contributed by atoms with Gasteiger partial charge in [-0.3, -0.25) is 0 Å². The number of halogens is 6. The zero-order chi connectivity index (χ0) is 24.0. The van der Waals surface area contributed by atoms with Crippen LogP contribution in [0.5, 0.6) is 5.75 Å². The molecule has 2 heterocycles. The van der Waals surface area contributed by atoms with Crippen LogP contribution in [0.4, 0.5) is 26.3 Å². The quantitative estimate of drug-likeness (QED) is 0.153. The first-order chi connectivity index (χ1) is 15.4. The summed E-state index contributed by atoms with van der Waals surface area (Å²) in [6, 6.07) is 9.96. The average molecular weight is 468 g/mol. The lowest BCUT2D eigenvalue weighted by atomic mass is 10.1. The van der Waals surface area contributed by atoms with E-state index in [4.69, 9.17) is 13.6 Å². The summed E-state index contributed by atoms with van der Waals surface area (Å²) in [5.74, 6) is -1.71. The summed E-state index contributed by atoms with van der Waals surface area (Å²) in [7, 11) is 0. The van der Waals surface area contributed by atoms with Gasteiger partial charge >= 0.3 is 23.9 Å². The Hall–Kier alpha value is -4.02. The van der Waals surface area contributed by atoms with Crippen LogP contribution in [0.15, 0.2) is 74.3 Å². The van der Waals surface area contributed by atoms with Crippen LogP contribution in [0.1, 0.15) is 21.7 Å². The van der Waals surface area contributed by atoms with Crippen molar-refractivity contribution in [1.82, 2.24) is 0 Å². The third kappa shape index (κ3) is 4.61. The van der Waals surface area contributed by atoms with Crippen LogP contribution in [-0.4, -0.2) is 5.97 Å². The number of furan rings is 1. The molecular weight excluding hydrogens is 458 g/mol. The lowest BCUT2D eigenvalue weighted by Gasteiger charge is -2.10. The van der Waals surface area contributed by atoms with Crippen LogP contribution in [0, 0.1) is 0 Å². The molecule has 0 radical (unpaired) electrons. The average Bonchev–Trinajstić information content (AvgIpc) is 3.22. The van der Waals surface area contributed by atoms with E-state index in [9.17, 15) is 35.9 Å². The third-order valence-corrected chi connectivity index (χ3v) is 4.51. The highest BCUT2D eigenvalue weighted by molar-refractivity contribution is 5.90. The predicted octanol–water partition coefficient (Wildman–Crippen LogP) is 6.31. The number of hydrogen-bond donors (Lipinski definition) is 0. The molecule has 0 aliphatic carbocycles. The molecule has 2 aromatic heterocycles. The highest BCUT2D eigenvalue weighted by atomic mass is 19.4. The molecule has 4 rings (SSSR count). The minimum Gasteiger partial charge on any atom is -0.449 e. The topological polar surface area (TPSA) is 69.7 Å². The zero-order valence-electron chi connectivity index (χ0n) is 16.1. The number of rotatable bonds is 3. The van der Waals surface area contributed by atoms with Crippen LogP contribution in [0.3, 0.4) is 0 Å². The molecule has 170 valence electrons. The number of alkyl halides is 6. The van der Waals surface area contributed by atoms with Crippen molar-refractivity contribution in [3.63, 3.8) is 0 Å². The van der Waals surface area contributed by atoms with E-state index in [2.05, 4.69) is 0 Å². The lowest BCUT2D eigenvalue weighted by Crippen LogP contribution is -2.11. The van der Waals surface area contributed by atoms with Gasteiger partial charge in [-0.2, -0.15) is 26.3 Å². The Balaban J connectivity index is 1.60. The second-order valence-electron chi connectivity index (χ2n) is 6.77. The van der Waals surface area contributed by atoms with Crippen molar-refractivity contribution >= 4 is 16.9 Å². The van der Waals surface area contributed by atoms with E-state index in [0.717, 1.165) is 30.3 Å². The summed E-state index contributed by atoms with van der Waals surface area (Å²) < 4.78 is 93.1. The van der Waals surface area contributed by atoms with Crippen molar-refractivity contribution in [3.8, 4) is 17.1 Å². The molecule has 4 aromatic rings. The molecule has 0 unspecified atom stereocenters. The van der Waals surface area contributed by atoms with Gasteiger partial charge in [0.05, 0.1) is 11.1 Å². The number of esters is 1. The number of carbonyl (C=O) groups is 1. The van der Waals surface area contributed by atoms with Gasteiger partial charge in [0.2, 0.25) is 5.76 Å². The Morgan fingerprint density at radius 3 is 2.27 bits per heavy atom. The molecule has 0 saturated carbocycles. The largest absolute Gasteiger partial charge is 0.449 e. The number of benzene rings is 2. The van der Waals surface area contributed by atoms with Crippen LogP contribution >= 0.6 is 0 Å². The normalized spacial score (nSPS) is 12.2. The van der Waals surface area contributed by atoms with E-state index in [0.29, 0.717) is 6.07 Å². The molecule has 0 aliphatic heterocycles. The minimum atomic E-state index is -4.81. The summed E-state index contributed by atoms with van der Waals surface area (Å²) in [4.78, 5) is 23.8. The van der Waals surface area contributed by atoms with E-state index in [-0.39, 0.29) is 22.8 Å². The Bertz CT molecular complexity index is 1410. The maximum atomic E-state index is 13.1.